The molecule has 2 aromatic heterocycles. The highest BCUT2D eigenvalue weighted by Gasteiger charge is 2.18. The minimum atomic E-state index is -0.316. The number of carbonyl (C=O) groups is 1. The van der Waals surface area contributed by atoms with Crippen molar-refractivity contribution in [2.45, 2.75) is 26.4 Å². The third-order valence-electron chi connectivity index (χ3n) is 4.81. The van der Waals surface area contributed by atoms with E-state index in [-0.39, 0.29) is 17.2 Å². The van der Waals surface area contributed by atoms with Crippen molar-refractivity contribution in [3.05, 3.63) is 68.9 Å². The second kappa shape index (κ2) is 6.68. The number of aromatic nitrogens is 3. The van der Waals surface area contributed by atoms with E-state index in [1.54, 1.807) is 24.3 Å². The highest BCUT2D eigenvalue weighted by Crippen LogP contribution is 2.20. The molecule has 0 saturated carbocycles. The summed E-state index contributed by atoms with van der Waals surface area (Å²) in [5.41, 5.74) is 4.34. The molecule has 1 aromatic carbocycles. The summed E-state index contributed by atoms with van der Waals surface area (Å²) in [5.74, 6) is -0.316. The molecule has 7 heteroatoms. The van der Waals surface area contributed by atoms with Gasteiger partial charge in [0.15, 0.2) is 5.69 Å². The number of nitrogens with zero attached hydrogens (tertiary/aromatic N) is 2. The average molecular weight is 349 g/mol. The molecule has 1 aliphatic heterocycles. The monoisotopic (exact) mass is 349 g/mol. The molecule has 0 unspecified atom stereocenters. The molecule has 3 heterocycles. The average Bonchev–Trinajstić information content (AvgIpc) is 2.67. The number of nitrogens with one attached hydrogen (secondary N) is 3. The Morgan fingerprint density at radius 2 is 2.08 bits per heavy atom. The molecular weight excluding hydrogens is 330 g/mol. The summed E-state index contributed by atoms with van der Waals surface area (Å²) >= 11 is 0. The third kappa shape index (κ3) is 2.86. The van der Waals surface area contributed by atoms with Crippen molar-refractivity contribution < 1.29 is 4.79 Å². The van der Waals surface area contributed by atoms with Crippen molar-refractivity contribution in [2.75, 3.05) is 6.54 Å². The number of benzene rings is 1. The van der Waals surface area contributed by atoms with Gasteiger partial charge in [-0.2, -0.15) is 5.10 Å². The van der Waals surface area contributed by atoms with E-state index >= 15 is 0 Å². The van der Waals surface area contributed by atoms with E-state index in [9.17, 15) is 9.59 Å². The van der Waals surface area contributed by atoms with Crippen LogP contribution in [-0.2, 0) is 19.5 Å². The van der Waals surface area contributed by atoms with Gasteiger partial charge in [-0.05, 0) is 42.6 Å². The first-order valence-corrected chi connectivity index (χ1v) is 8.57. The number of aromatic amines is 1. The topological polar surface area (TPSA) is 99.8 Å². The van der Waals surface area contributed by atoms with Crippen LogP contribution in [0.25, 0.3) is 10.8 Å². The van der Waals surface area contributed by atoms with Gasteiger partial charge in [-0.15, -0.1) is 0 Å². The van der Waals surface area contributed by atoms with Crippen LogP contribution in [0.2, 0.25) is 0 Å². The molecule has 26 heavy (non-hydrogen) atoms. The first kappa shape index (κ1) is 16.4. The van der Waals surface area contributed by atoms with Crippen LogP contribution in [0.4, 0.5) is 0 Å². The minimum Gasteiger partial charge on any atom is -0.346 e. The van der Waals surface area contributed by atoms with Crippen LogP contribution in [0, 0.1) is 6.92 Å². The number of hydrogen-bond acceptors (Lipinski definition) is 5. The van der Waals surface area contributed by atoms with Crippen molar-refractivity contribution >= 4 is 16.7 Å². The molecule has 0 bridgehead atoms. The Morgan fingerprint density at radius 3 is 2.92 bits per heavy atom. The summed E-state index contributed by atoms with van der Waals surface area (Å²) in [6.45, 7) is 4.06. The molecule has 3 N–H and O–H groups in total. The first-order valence-electron chi connectivity index (χ1n) is 8.57. The van der Waals surface area contributed by atoms with Gasteiger partial charge in [-0.3, -0.25) is 14.6 Å². The summed E-state index contributed by atoms with van der Waals surface area (Å²) in [6.07, 6.45) is 2.82. The van der Waals surface area contributed by atoms with Gasteiger partial charge in [-0.1, -0.05) is 18.2 Å². The number of pyridine rings is 1. The van der Waals surface area contributed by atoms with E-state index < -0.39 is 0 Å². The molecule has 0 aliphatic carbocycles. The second-order valence-corrected chi connectivity index (χ2v) is 6.38. The van der Waals surface area contributed by atoms with Crippen molar-refractivity contribution in [2.24, 2.45) is 0 Å². The van der Waals surface area contributed by atoms with Gasteiger partial charge in [0.1, 0.15) is 0 Å². The number of carbonyl (C=O) groups excluding carboxylic acids is 1. The fraction of sp³-hybridized carbons (Fsp3) is 0.263. The fourth-order valence-electron chi connectivity index (χ4n) is 3.42. The largest absolute Gasteiger partial charge is 0.346 e. The van der Waals surface area contributed by atoms with Crippen LogP contribution < -0.4 is 16.2 Å². The van der Waals surface area contributed by atoms with Gasteiger partial charge in [0.05, 0.1) is 5.39 Å². The first-order chi connectivity index (χ1) is 12.6. The quantitative estimate of drug-likeness (QED) is 0.660. The van der Waals surface area contributed by atoms with Crippen LogP contribution in [0.3, 0.4) is 0 Å². The molecule has 7 nitrogen and oxygen atoms in total. The SMILES string of the molecule is Cc1ncc2c(c1CNC(=O)c1n[nH]c(=O)c3ccccc13)CCNC2. The lowest BCUT2D eigenvalue weighted by Gasteiger charge is -2.21. The molecular formula is C19H19N5O2. The van der Waals surface area contributed by atoms with Crippen molar-refractivity contribution in [1.29, 1.82) is 0 Å². The molecule has 3 aromatic rings. The van der Waals surface area contributed by atoms with Crippen LogP contribution >= 0.6 is 0 Å². The number of fused-ring (bicyclic) bond motifs is 2. The maximum absolute atomic E-state index is 12.7. The van der Waals surface area contributed by atoms with Gasteiger partial charge < -0.3 is 10.6 Å². The Hall–Kier alpha value is -3.06. The van der Waals surface area contributed by atoms with E-state index in [1.807, 2.05) is 13.1 Å². The predicted molar refractivity (Wildman–Crippen MR) is 97.9 cm³/mol. The molecule has 0 atom stereocenters. The molecule has 132 valence electrons. The molecule has 0 saturated heterocycles. The van der Waals surface area contributed by atoms with Crippen molar-refractivity contribution in [1.82, 2.24) is 25.8 Å². The Morgan fingerprint density at radius 1 is 1.27 bits per heavy atom. The highest BCUT2D eigenvalue weighted by molar-refractivity contribution is 6.04. The lowest BCUT2D eigenvalue weighted by atomic mass is 9.96. The predicted octanol–water partition coefficient (Wildman–Crippen LogP) is 1.20. The zero-order valence-electron chi connectivity index (χ0n) is 14.4. The summed E-state index contributed by atoms with van der Waals surface area (Å²) < 4.78 is 0. The molecule has 1 aliphatic rings. The van der Waals surface area contributed by atoms with Gasteiger partial charge in [0.25, 0.3) is 11.5 Å². The standard InChI is InChI=1S/C19H19N5O2/c1-11-16(13-6-7-20-8-12(13)9-21-11)10-22-19(26)17-14-4-2-3-5-15(14)18(25)24-23-17/h2-5,9,20H,6-8,10H2,1H3,(H,22,26)(H,24,25). The van der Waals surface area contributed by atoms with Crippen LogP contribution in [0.1, 0.15) is 32.9 Å². The van der Waals surface area contributed by atoms with Crippen molar-refractivity contribution in [3.8, 4) is 0 Å². The van der Waals surface area contributed by atoms with E-state index in [0.29, 0.717) is 17.3 Å². The van der Waals surface area contributed by atoms with E-state index in [1.165, 1.54) is 11.1 Å². The van der Waals surface area contributed by atoms with Gasteiger partial charge in [0, 0.05) is 30.4 Å². The maximum Gasteiger partial charge on any atom is 0.272 e. The third-order valence-corrected chi connectivity index (χ3v) is 4.81. The molecule has 1 amide bonds. The second-order valence-electron chi connectivity index (χ2n) is 6.38. The van der Waals surface area contributed by atoms with Crippen molar-refractivity contribution in [3.63, 3.8) is 0 Å². The molecule has 0 radical (unpaired) electrons. The number of aryl methyl sites for hydroxylation is 1. The van der Waals surface area contributed by atoms with Gasteiger partial charge in [0.2, 0.25) is 0 Å². The molecule has 0 fully saturated rings. The fourth-order valence-corrected chi connectivity index (χ4v) is 3.42. The lowest BCUT2D eigenvalue weighted by Crippen LogP contribution is -2.30. The Labute approximate surface area is 149 Å². The van der Waals surface area contributed by atoms with Gasteiger partial charge in [-0.25, -0.2) is 5.10 Å². The number of H-pyrrole nitrogens is 1. The molecule has 4 rings (SSSR count). The zero-order valence-corrected chi connectivity index (χ0v) is 14.4. The molecule has 0 spiro atoms. The Balaban J connectivity index is 1.63. The number of amides is 1. The van der Waals surface area contributed by atoms with Crippen LogP contribution in [-0.4, -0.2) is 27.6 Å². The van der Waals surface area contributed by atoms with E-state index in [4.69, 9.17) is 0 Å². The minimum absolute atomic E-state index is 0.220. The summed E-state index contributed by atoms with van der Waals surface area (Å²) in [7, 11) is 0. The lowest BCUT2D eigenvalue weighted by molar-refractivity contribution is 0.0946. The van der Waals surface area contributed by atoms with Crippen LogP contribution in [0.15, 0.2) is 35.3 Å². The summed E-state index contributed by atoms with van der Waals surface area (Å²) in [6, 6.07) is 6.96. The Kier molecular flexibility index (Phi) is 4.22. The highest BCUT2D eigenvalue weighted by atomic mass is 16.2. The van der Waals surface area contributed by atoms with E-state index in [0.717, 1.165) is 30.8 Å². The zero-order chi connectivity index (χ0) is 18.1. The van der Waals surface area contributed by atoms with E-state index in [2.05, 4.69) is 25.8 Å². The Bertz CT molecular complexity index is 1060. The van der Waals surface area contributed by atoms with Crippen LogP contribution in [0.5, 0.6) is 0 Å². The maximum atomic E-state index is 12.7. The summed E-state index contributed by atoms with van der Waals surface area (Å²) in [5, 5.41) is 13.6. The smallest absolute Gasteiger partial charge is 0.272 e. The number of rotatable bonds is 3. The van der Waals surface area contributed by atoms with Gasteiger partial charge >= 0.3 is 0 Å². The normalized spacial score (nSPS) is 13.4. The summed E-state index contributed by atoms with van der Waals surface area (Å²) in [4.78, 5) is 29.0. The number of hydrogen-bond donors (Lipinski definition) is 3.